The van der Waals surface area contributed by atoms with E-state index in [1.54, 1.807) is 11.3 Å². The molecule has 26 heavy (non-hydrogen) atoms. The maximum atomic E-state index is 12.1. The Balaban J connectivity index is 1.57. The third kappa shape index (κ3) is 4.68. The quantitative estimate of drug-likeness (QED) is 0.652. The molecule has 7 heteroatoms. The third-order valence-electron chi connectivity index (χ3n) is 3.84. The average molecular weight is 385 g/mol. The minimum atomic E-state index is -0.0254. The first kappa shape index (κ1) is 18.5. The van der Waals surface area contributed by atoms with E-state index < -0.39 is 0 Å². The molecule has 1 amide bonds. The summed E-state index contributed by atoms with van der Waals surface area (Å²) in [5.41, 5.74) is 4.17. The minimum absolute atomic E-state index is 0.0254. The second-order valence-corrected chi connectivity index (χ2v) is 8.00. The Kier molecular flexibility index (Phi) is 6.00. The number of thioether (sulfide) groups is 1. The van der Waals surface area contributed by atoms with Crippen molar-refractivity contribution in [3.8, 4) is 10.6 Å². The lowest BCUT2D eigenvalue weighted by atomic mass is 10.1. The van der Waals surface area contributed by atoms with E-state index in [-0.39, 0.29) is 5.91 Å². The van der Waals surface area contributed by atoms with E-state index in [1.807, 2.05) is 38.1 Å². The van der Waals surface area contributed by atoms with Crippen LogP contribution in [0, 0.1) is 20.8 Å². The highest BCUT2D eigenvalue weighted by atomic mass is 32.2. The topological polar surface area (TPSA) is 67.8 Å². The van der Waals surface area contributed by atoms with Crippen LogP contribution in [0.25, 0.3) is 10.6 Å². The van der Waals surface area contributed by atoms with Crippen molar-refractivity contribution in [1.82, 2.24) is 20.5 Å². The second kappa shape index (κ2) is 8.42. The number of hydrogen-bond donors (Lipinski definition) is 1. The van der Waals surface area contributed by atoms with E-state index in [4.69, 9.17) is 0 Å². The van der Waals surface area contributed by atoms with Crippen LogP contribution in [0.3, 0.4) is 0 Å². The van der Waals surface area contributed by atoms with Crippen molar-refractivity contribution < 1.29 is 4.79 Å². The van der Waals surface area contributed by atoms with Crippen LogP contribution >= 0.6 is 23.1 Å². The molecule has 0 aliphatic rings. The number of nitrogens with one attached hydrogen (secondary N) is 1. The van der Waals surface area contributed by atoms with Gasteiger partial charge in [-0.15, -0.1) is 16.4 Å². The summed E-state index contributed by atoms with van der Waals surface area (Å²) in [6, 6.07) is 12.0. The fraction of sp³-hybridized carbons (Fsp3) is 0.263. The molecule has 0 unspecified atom stereocenters. The molecule has 0 saturated heterocycles. The summed E-state index contributed by atoms with van der Waals surface area (Å²) in [7, 11) is 0. The van der Waals surface area contributed by atoms with Crippen molar-refractivity contribution >= 4 is 29.0 Å². The van der Waals surface area contributed by atoms with Crippen LogP contribution in [-0.4, -0.2) is 26.8 Å². The zero-order valence-electron chi connectivity index (χ0n) is 14.9. The van der Waals surface area contributed by atoms with E-state index in [1.165, 1.54) is 17.3 Å². The van der Waals surface area contributed by atoms with Gasteiger partial charge in [-0.25, -0.2) is 4.98 Å². The first-order chi connectivity index (χ1) is 12.5. The van der Waals surface area contributed by atoms with Gasteiger partial charge in [-0.1, -0.05) is 36.0 Å². The zero-order valence-corrected chi connectivity index (χ0v) is 16.6. The maximum Gasteiger partial charge on any atom is 0.230 e. The van der Waals surface area contributed by atoms with Crippen molar-refractivity contribution in [2.45, 2.75) is 32.3 Å². The monoisotopic (exact) mass is 384 g/mol. The van der Waals surface area contributed by atoms with Crippen molar-refractivity contribution in [3.63, 3.8) is 0 Å². The summed E-state index contributed by atoms with van der Waals surface area (Å²) in [5, 5.41) is 12.8. The van der Waals surface area contributed by atoms with E-state index in [0.717, 1.165) is 31.9 Å². The molecule has 0 atom stereocenters. The molecule has 0 aliphatic carbocycles. The van der Waals surface area contributed by atoms with Crippen LogP contribution in [0.2, 0.25) is 0 Å². The molecule has 2 aromatic heterocycles. The molecule has 1 N–H and O–H groups in total. The summed E-state index contributed by atoms with van der Waals surface area (Å²) < 4.78 is 0. The maximum absolute atomic E-state index is 12.1. The van der Waals surface area contributed by atoms with Gasteiger partial charge in [0.05, 0.1) is 23.7 Å². The zero-order chi connectivity index (χ0) is 18.5. The van der Waals surface area contributed by atoms with Gasteiger partial charge in [0.1, 0.15) is 10.0 Å². The Bertz CT molecular complexity index is 906. The minimum Gasteiger partial charge on any atom is -0.350 e. The molecule has 3 aromatic rings. The van der Waals surface area contributed by atoms with Gasteiger partial charge in [0.2, 0.25) is 5.91 Å². The molecule has 0 spiro atoms. The number of aryl methyl sites for hydroxylation is 3. The van der Waals surface area contributed by atoms with Gasteiger partial charge in [0.15, 0.2) is 0 Å². The van der Waals surface area contributed by atoms with Gasteiger partial charge in [0.25, 0.3) is 0 Å². The first-order valence-electron chi connectivity index (χ1n) is 8.25. The van der Waals surface area contributed by atoms with Gasteiger partial charge in [-0.05, 0) is 38.5 Å². The highest BCUT2D eigenvalue weighted by Gasteiger charge is 2.12. The van der Waals surface area contributed by atoms with Crippen molar-refractivity contribution in [1.29, 1.82) is 0 Å². The van der Waals surface area contributed by atoms with Crippen LogP contribution in [0.4, 0.5) is 0 Å². The molecule has 0 aliphatic heterocycles. The fourth-order valence-corrected chi connectivity index (χ4v) is 4.09. The lowest BCUT2D eigenvalue weighted by molar-refractivity contribution is -0.118. The van der Waals surface area contributed by atoms with Crippen LogP contribution < -0.4 is 5.32 Å². The number of carbonyl (C=O) groups excluding carboxylic acids is 1. The number of aromatic nitrogens is 3. The highest BCUT2D eigenvalue weighted by molar-refractivity contribution is 7.99. The number of benzene rings is 1. The summed E-state index contributed by atoms with van der Waals surface area (Å²) in [4.78, 5) is 17.8. The Morgan fingerprint density at radius 2 is 1.92 bits per heavy atom. The van der Waals surface area contributed by atoms with Gasteiger partial charge >= 0.3 is 0 Å². The first-order valence-corrected chi connectivity index (χ1v) is 10.1. The van der Waals surface area contributed by atoms with Gasteiger partial charge in [0, 0.05) is 10.4 Å². The summed E-state index contributed by atoms with van der Waals surface area (Å²) in [5.74, 6) is 0.294. The standard InChI is InChI=1S/C19H20N4OS2/c1-12-6-4-5-7-15(12)19-21-14(3)16(26-19)10-20-17(24)11-25-18-9-8-13(2)22-23-18/h4-9H,10-11H2,1-3H3,(H,20,24). The van der Waals surface area contributed by atoms with Crippen molar-refractivity contribution in [2.24, 2.45) is 0 Å². The van der Waals surface area contributed by atoms with E-state index >= 15 is 0 Å². The summed E-state index contributed by atoms with van der Waals surface area (Å²) in [6.07, 6.45) is 0. The highest BCUT2D eigenvalue weighted by Crippen LogP contribution is 2.30. The van der Waals surface area contributed by atoms with Crippen molar-refractivity contribution in [2.75, 3.05) is 5.75 Å². The van der Waals surface area contributed by atoms with Crippen LogP contribution in [-0.2, 0) is 11.3 Å². The average Bonchev–Trinajstić information content (AvgIpc) is 3.00. The molecule has 0 fully saturated rings. The Morgan fingerprint density at radius 3 is 2.65 bits per heavy atom. The lowest BCUT2D eigenvalue weighted by Crippen LogP contribution is -2.24. The molecule has 0 saturated carbocycles. The number of thiazole rings is 1. The molecule has 2 heterocycles. The Labute approximate surface area is 161 Å². The largest absolute Gasteiger partial charge is 0.350 e. The third-order valence-corrected chi connectivity index (χ3v) is 5.95. The van der Waals surface area contributed by atoms with E-state index in [2.05, 4.69) is 39.6 Å². The lowest BCUT2D eigenvalue weighted by Gasteiger charge is -2.04. The number of amides is 1. The molecule has 134 valence electrons. The van der Waals surface area contributed by atoms with Gasteiger partial charge in [-0.2, -0.15) is 5.10 Å². The number of nitrogens with zero attached hydrogens (tertiary/aromatic N) is 3. The van der Waals surface area contributed by atoms with Crippen LogP contribution in [0.5, 0.6) is 0 Å². The van der Waals surface area contributed by atoms with Crippen LogP contribution in [0.1, 0.15) is 21.8 Å². The smallest absolute Gasteiger partial charge is 0.230 e. The van der Waals surface area contributed by atoms with Crippen molar-refractivity contribution in [3.05, 3.63) is 58.2 Å². The van der Waals surface area contributed by atoms with E-state index in [9.17, 15) is 4.79 Å². The Hall–Kier alpha value is -2.25. The molecular weight excluding hydrogens is 364 g/mol. The predicted molar refractivity (Wildman–Crippen MR) is 106 cm³/mol. The number of hydrogen-bond acceptors (Lipinski definition) is 6. The summed E-state index contributed by atoms with van der Waals surface area (Å²) >= 11 is 3.01. The molecule has 0 radical (unpaired) electrons. The molecular formula is C19H20N4OS2. The molecule has 1 aromatic carbocycles. The molecule has 5 nitrogen and oxygen atoms in total. The van der Waals surface area contributed by atoms with E-state index in [0.29, 0.717) is 12.3 Å². The molecule has 0 bridgehead atoms. The second-order valence-electron chi connectivity index (χ2n) is 5.92. The summed E-state index contributed by atoms with van der Waals surface area (Å²) in [6.45, 7) is 6.44. The predicted octanol–water partition coefficient (Wildman–Crippen LogP) is 3.93. The Morgan fingerprint density at radius 1 is 1.12 bits per heavy atom. The fourth-order valence-electron chi connectivity index (χ4n) is 2.35. The molecule has 3 rings (SSSR count). The normalized spacial score (nSPS) is 10.7. The van der Waals surface area contributed by atoms with Crippen LogP contribution in [0.15, 0.2) is 41.4 Å². The number of rotatable bonds is 6. The van der Waals surface area contributed by atoms with Gasteiger partial charge < -0.3 is 5.32 Å². The van der Waals surface area contributed by atoms with Gasteiger partial charge in [-0.3, -0.25) is 4.79 Å². The SMILES string of the molecule is Cc1ccc(SCC(=O)NCc2sc(-c3ccccc3C)nc2C)nn1. The number of carbonyl (C=O) groups is 1.